The lowest BCUT2D eigenvalue weighted by Gasteiger charge is -2.41. The van der Waals surface area contributed by atoms with Crippen molar-refractivity contribution in [3.63, 3.8) is 0 Å². The van der Waals surface area contributed by atoms with E-state index in [0.717, 1.165) is 51.9 Å². The molecule has 2 aliphatic heterocycles. The summed E-state index contributed by atoms with van der Waals surface area (Å²) in [7, 11) is 0. The van der Waals surface area contributed by atoms with Gasteiger partial charge in [0.15, 0.2) is 0 Å². The standard InChI is InChI=1S/C21H38N2O2/c1-20(2,3)19(25)17-9-11-22(12-10-17)18(24)15-16-7-13-23(14-8-16)21(4,5)6/h16-17H,7-15H2,1-6H3. The second-order valence-corrected chi connectivity index (χ2v) is 10.1. The predicted octanol–water partition coefficient (Wildman–Crippen LogP) is 3.74. The molecule has 4 heteroatoms. The molecule has 0 unspecified atom stereocenters. The maximum atomic E-state index is 12.6. The summed E-state index contributed by atoms with van der Waals surface area (Å²) in [4.78, 5) is 29.6. The molecule has 0 aromatic rings. The van der Waals surface area contributed by atoms with Gasteiger partial charge in [-0.1, -0.05) is 20.8 Å². The van der Waals surface area contributed by atoms with E-state index in [0.29, 0.717) is 24.0 Å². The molecule has 2 aliphatic rings. The highest BCUT2D eigenvalue weighted by Gasteiger charge is 2.34. The number of carbonyl (C=O) groups is 2. The molecule has 0 N–H and O–H groups in total. The van der Waals surface area contributed by atoms with E-state index in [4.69, 9.17) is 0 Å². The highest BCUT2D eigenvalue weighted by Crippen LogP contribution is 2.29. The van der Waals surface area contributed by atoms with E-state index in [2.05, 4.69) is 25.7 Å². The first-order valence-corrected chi connectivity index (χ1v) is 10.1. The molecule has 2 rings (SSSR count). The van der Waals surface area contributed by atoms with Crippen molar-refractivity contribution in [2.75, 3.05) is 26.2 Å². The summed E-state index contributed by atoms with van der Waals surface area (Å²) in [6.07, 6.45) is 4.62. The van der Waals surface area contributed by atoms with E-state index in [-0.39, 0.29) is 16.9 Å². The van der Waals surface area contributed by atoms with Crippen molar-refractivity contribution in [3.8, 4) is 0 Å². The maximum Gasteiger partial charge on any atom is 0.222 e. The first kappa shape index (κ1) is 20.4. The summed E-state index contributed by atoms with van der Waals surface area (Å²) in [5, 5.41) is 0. The molecule has 144 valence electrons. The molecule has 0 atom stereocenters. The Kier molecular flexibility index (Phi) is 6.35. The molecule has 2 fully saturated rings. The smallest absolute Gasteiger partial charge is 0.222 e. The number of hydrogen-bond acceptors (Lipinski definition) is 3. The van der Waals surface area contributed by atoms with E-state index >= 15 is 0 Å². The average Bonchev–Trinajstić information content (AvgIpc) is 2.53. The largest absolute Gasteiger partial charge is 0.343 e. The number of amides is 1. The molecule has 0 saturated carbocycles. The number of rotatable bonds is 3. The maximum absolute atomic E-state index is 12.6. The molecule has 0 spiro atoms. The monoisotopic (exact) mass is 350 g/mol. The molecule has 0 aromatic heterocycles. The number of carbonyl (C=O) groups excluding carboxylic acids is 2. The second-order valence-electron chi connectivity index (χ2n) is 10.1. The van der Waals surface area contributed by atoms with Crippen molar-refractivity contribution in [2.24, 2.45) is 17.3 Å². The summed E-state index contributed by atoms with van der Waals surface area (Å²) < 4.78 is 0. The highest BCUT2D eigenvalue weighted by atomic mass is 16.2. The number of likely N-dealkylation sites (tertiary alicyclic amines) is 2. The van der Waals surface area contributed by atoms with Gasteiger partial charge < -0.3 is 4.90 Å². The normalized spacial score (nSPS) is 22.2. The van der Waals surface area contributed by atoms with Crippen LogP contribution in [0, 0.1) is 17.3 Å². The Morgan fingerprint density at radius 3 is 1.80 bits per heavy atom. The van der Waals surface area contributed by atoms with Crippen molar-refractivity contribution in [3.05, 3.63) is 0 Å². The quantitative estimate of drug-likeness (QED) is 0.778. The molecule has 2 saturated heterocycles. The van der Waals surface area contributed by atoms with Gasteiger partial charge in [0.05, 0.1) is 0 Å². The van der Waals surface area contributed by atoms with Crippen LogP contribution < -0.4 is 0 Å². The lowest BCUT2D eigenvalue weighted by molar-refractivity contribution is -0.138. The van der Waals surface area contributed by atoms with Crippen LogP contribution in [0.1, 0.15) is 73.6 Å². The Labute approximate surface area is 154 Å². The van der Waals surface area contributed by atoms with E-state index in [1.807, 2.05) is 25.7 Å². The van der Waals surface area contributed by atoms with Gasteiger partial charge in [-0.2, -0.15) is 0 Å². The van der Waals surface area contributed by atoms with Crippen LogP contribution in [0.5, 0.6) is 0 Å². The Morgan fingerprint density at radius 1 is 0.840 bits per heavy atom. The van der Waals surface area contributed by atoms with Crippen LogP contribution >= 0.6 is 0 Å². The lowest BCUT2D eigenvalue weighted by Crippen LogP contribution is -2.47. The Balaban J connectivity index is 1.76. The Bertz CT molecular complexity index is 471. The minimum absolute atomic E-state index is 0.138. The zero-order valence-corrected chi connectivity index (χ0v) is 17.2. The summed E-state index contributed by atoms with van der Waals surface area (Å²) in [6.45, 7) is 16.5. The first-order chi connectivity index (χ1) is 11.5. The van der Waals surface area contributed by atoms with Crippen molar-refractivity contribution in [2.45, 2.75) is 79.2 Å². The fourth-order valence-corrected chi connectivity index (χ4v) is 4.19. The van der Waals surface area contributed by atoms with Crippen LogP contribution in [-0.2, 0) is 9.59 Å². The molecule has 25 heavy (non-hydrogen) atoms. The summed E-state index contributed by atoms with van der Waals surface area (Å²) in [6, 6.07) is 0. The van der Waals surface area contributed by atoms with Crippen LogP contribution in [0.15, 0.2) is 0 Å². The molecular weight excluding hydrogens is 312 g/mol. The lowest BCUT2D eigenvalue weighted by atomic mass is 9.79. The molecular formula is C21H38N2O2. The summed E-state index contributed by atoms with van der Waals surface area (Å²) in [5.74, 6) is 1.32. The molecule has 0 bridgehead atoms. The zero-order chi connectivity index (χ0) is 18.8. The Hall–Kier alpha value is -0.900. The highest BCUT2D eigenvalue weighted by molar-refractivity contribution is 5.86. The van der Waals surface area contributed by atoms with Crippen molar-refractivity contribution in [1.29, 1.82) is 0 Å². The fraction of sp³-hybridized carbons (Fsp3) is 0.905. The van der Waals surface area contributed by atoms with Gasteiger partial charge in [0.1, 0.15) is 5.78 Å². The number of hydrogen-bond donors (Lipinski definition) is 0. The third kappa shape index (κ3) is 5.54. The van der Waals surface area contributed by atoms with Crippen molar-refractivity contribution in [1.82, 2.24) is 9.80 Å². The van der Waals surface area contributed by atoms with Crippen LogP contribution in [-0.4, -0.2) is 53.2 Å². The summed E-state index contributed by atoms with van der Waals surface area (Å²) >= 11 is 0. The van der Waals surface area contributed by atoms with Gasteiger partial charge in [-0.15, -0.1) is 0 Å². The third-order valence-corrected chi connectivity index (χ3v) is 5.98. The predicted molar refractivity (Wildman–Crippen MR) is 102 cm³/mol. The van der Waals surface area contributed by atoms with Crippen LogP contribution in [0.4, 0.5) is 0 Å². The second kappa shape index (κ2) is 7.77. The molecule has 4 nitrogen and oxygen atoms in total. The van der Waals surface area contributed by atoms with Gasteiger partial charge in [-0.3, -0.25) is 14.5 Å². The molecule has 2 heterocycles. The van der Waals surface area contributed by atoms with Crippen LogP contribution in [0.25, 0.3) is 0 Å². The van der Waals surface area contributed by atoms with E-state index in [1.54, 1.807) is 0 Å². The van der Waals surface area contributed by atoms with Crippen molar-refractivity contribution < 1.29 is 9.59 Å². The van der Waals surface area contributed by atoms with Crippen molar-refractivity contribution >= 4 is 11.7 Å². The Morgan fingerprint density at radius 2 is 1.36 bits per heavy atom. The van der Waals surface area contributed by atoms with Gasteiger partial charge in [0.25, 0.3) is 0 Å². The minimum atomic E-state index is -0.266. The van der Waals surface area contributed by atoms with Crippen LogP contribution in [0.3, 0.4) is 0 Å². The fourth-order valence-electron chi connectivity index (χ4n) is 4.19. The number of Topliss-reactive ketones (excluding diaryl/α,β-unsaturated/α-hetero) is 1. The van der Waals surface area contributed by atoms with Gasteiger partial charge in [0, 0.05) is 36.4 Å². The van der Waals surface area contributed by atoms with E-state index in [9.17, 15) is 9.59 Å². The molecule has 0 aliphatic carbocycles. The average molecular weight is 351 g/mol. The number of ketones is 1. The van der Waals surface area contributed by atoms with Gasteiger partial charge in [0.2, 0.25) is 5.91 Å². The first-order valence-electron chi connectivity index (χ1n) is 10.1. The van der Waals surface area contributed by atoms with E-state index < -0.39 is 0 Å². The van der Waals surface area contributed by atoms with Gasteiger partial charge in [-0.25, -0.2) is 0 Å². The summed E-state index contributed by atoms with van der Waals surface area (Å²) in [5.41, 5.74) is -0.0334. The number of piperidine rings is 2. The minimum Gasteiger partial charge on any atom is -0.343 e. The van der Waals surface area contributed by atoms with Gasteiger partial charge >= 0.3 is 0 Å². The topological polar surface area (TPSA) is 40.6 Å². The SMILES string of the molecule is CC(C)(C)C(=O)C1CCN(C(=O)CC2CCN(C(C)(C)C)CC2)CC1. The molecule has 1 amide bonds. The van der Waals surface area contributed by atoms with Gasteiger partial charge in [-0.05, 0) is 65.5 Å². The number of nitrogens with zero attached hydrogens (tertiary/aromatic N) is 2. The zero-order valence-electron chi connectivity index (χ0n) is 17.2. The van der Waals surface area contributed by atoms with Crippen LogP contribution in [0.2, 0.25) is 0 Å². The van der Waals surface area contributed by atoms with E-state index in [1.165, 1.54) is 0 Å². The third-order valence-electron chi connectivity index (χ3n) is 5.98. The molecule has 0 aromatic carbocycles. The molecule has 0 radical (unpaired) electrons.